The van der Waals surface area contributed by atoms with Crippen LogP contribution in [0.5, 0.6) is 0 Å². The van der Waals surface area contributed by atoms with Crippen LogP contribution in [-0.4, -0.2) is 9.97 Å². The Balaban J connectivity index is 2.54. The van der Waals surface area contributed by atoms with Crippen molar-refractivity contribution in [1.29, 1.82) is 0 Å². The highest BCUT2D eigenvalue weighted by molar-refractivity contribution is 14.1. The number of benzene rings is 1. The predicted octanol–water partition coefficient (Wildman–Crippen LogP) is 3.96. The first-order valence-electron chi connectivity index (χ1n) is 4.98. The molecule has 0 amide bonds. The zero-order valence-corrected chi connectivity index (χ0v) is 11.7. The summed E-state index contributed by atoms with van der Waals surface area (Å²) in [5.41, 5.74) is 2.29. The summed E-state index contributed by atoms with van der Waals surface area (Å²) < 4.78 is 0.872. The summed E-state index contributed by atoms with van der Waals surface area (Å²) in [4.78, 5) is 8.61. The second-order valence-electron chi connectivity index (χ2n) is 3.34. The van der Waals surface area contributed by atoms with Gasteiger partial charge in [-0.25, -0.2) is 9.97 Å². The monoisotopic (exact) mass is 344 g/mol. The summed E-state index contributed by atoms with van der Waals surface area (Å²) in [7, 11) is 0. The minimum atomic E-state index is 0.511. The van der Waals surface area contributed by atoms with E-state index in [2.05, 4.69) is 45.5 Å². The quantitative estimate of drug-likeness (QED) is 0.609. The fraction of sp³-hybridized carbons (Fsp3) is 0.167. The summed E-state index contributed by atoms with van der Waals surface area (Å²) in [6, 6.07) is 8.13. The van der Waals surface area contributed by atoms with Gasteiger partial charge in [-0.15, -0.1) is 0 Å². The number of hydrogen-bond donors (Lipinski definition) is 0. The third-order valence-electron chi connectivity index (χ3n) is 2.34. The van der Waals surface area contributed by atoms with Gasteiger partial charge in [0.2, 0.25) is 0 Å². The zero-order valence-electron chi connectivity index (χ0n) is 8.74. The van der Waals surface area contributed by atoms with Gasteiger partial charge in [-0.3, -0.25) is 0 Å². The van der Waals surface area contributed by atoms with Crippen molar-refractivity contribution < 1.29 is 0 Å². The highest BCUT2D eigenvalue weighted by Gasteiger charge is 2.08. The normalized spacial score (nSPS) is 10.4. The van der Waals surface area contributed by atoms with E-state index in [0.717, 1.165) is 15.6 Å². The Kier molecular flexibility index (Phi) is 3.76. The van der Waals surface area contributed by atoms with Gasteiger partial charge in [0.15, 0.2) is 5.82 Å². The molecular weight excluding hydrogens is 335 g/mol. The molecule has 0 fully saturated rings. The maximum atomic E-state index is 6.00. The van der Waals surface area contributed by atoms with E-state index >= 15 is 0 Å². The van der Waals surface area contributed by atoms with Crippen molar-refractivity contribution in [2.24, 2.45) is 0 Å². The summed E-state index contributed by atoms with van der Waals surface area (Å²) in [5.74, 6) is 0.697. The van der Waals surface area contributed by atoms with Crippen molar-refractivity contribution in [2.75, 3.05) is 0 Å². The van der Waals surface area contributed by atoms with Crippen LogP contribution < -0.4 is 0 Å². The molecule has 2 rings (SSSR count). The number of rotatable bonds is 2. The molecule has 2 aromatic rings. The van der Waals surface area contributed by atoms with E-state index in [1.807, 2.05) is 18.2 Å². The molecule has 0 radical (unpaired) electrons. The SMILES string of the molecule is CCc1ccccc1-c1ncc(I)c(Cl)n1. The van der Waals surface area contributed by atoms with Crippen LogP contribution in [0.4, 0.5) is 0 Å². The van der Waals surface area contributed by atoms with Gasteiger partial charge >= 0.3 is 0 Å². The van der Waals surface area contributed by atoms with Crippen molar-refractivity contribution in [1.82, 2.24) is 9.97 Å². The van der Waals surface area contributed by atoms with E-state index in [-0.39, 0.29) is 0 Å². The van der Waals surface area contributed by atoms with Crippen LogP contribution in [0.2, 0.25) is 5.15 Å². The molecule has 0 saturated heterocycles. The molecule has 2 nitrogen and oxygen atoms in total. The highest BCUT2D eigenvalue weighted by atomic mass is 127. The summed E-state index contributed by atoms with van der Waals surface area (Å²) in [6.45, 7) is 2.12. The Morgan fingerprint density at radius 3 is 2.75 bits per heavy atom. The largest absolute Gasteiger partial charge is 0.235 e. The van der Waals surface area contributed by atoms with Crippen LogP contribution in [0.15, 0.2) is 30.5 Å². The minimum Gasteiger partial charge on any atom is -0.235 e. The molecule has 0 unspecified atom stereocenters. The molecule has 0 N–H and O–H groups in total. The molecule has 1 heterocycles. The molecule has 0 aliphatic rings. The van der Waals surface area contributed by atoms with Gasteiger partial charge in [-0.2, -0.15) is 0 Å². The molecular formula is C12H10ClIN2. The number of aromatic nitrogens is 2. The van der Waals surface area contributed by atoms with Crippen LogP contribution in [-0.2, 0) is 6.42 Å². The topological polar surface area (TPSA) is 25.8 Å². The molecule has 0 spiro atoms. The fourth-order valence-electron chi connectivity index (χ4n) is 1.52. The highest BCUT2D eigenvalue weighted by Crippen LogP contribution is 2.23. The maximum absolute atomic E-state index is 6.00. The van der Waals surface area contributed by atoms with Crippen LogP contribution in [0.25, 0.3) is 11.4 Å². The lowest BCUT2D eigenvalue weighted by molar-refractivity contribution is 1.10. The maximum Gasteiger partial charge on any atom is 0.161 e. The van der Waals surface area contributed by atoms with E-state index in [1.165, 1.54) is 5.56 Å². The lowest BCUT2D eigenvalue weighted by Crippen LogP contribution is -1.94. The van der Waals surface area contributed by atoms with E-state index < -0.39 is 0 Å². The Labute approximate surface area is 113 Å². The van der Waals surface area contributed by atoms with Crippen LogP contribution in [0, 0.1) is 3.57 Å². The van der Waals surface area contributed by atoms with Crippen molar-refractivity contribution in [3.8, 4) is 11.4 Å². The second kappa shape index (κ2) is 5.10. The van der Waals surface area contributed by atoms with Gasteiger partial charge < -0.3 is 0 Å². The van der Waals surface area contributed by atoms with E-state index in [1.54, 1.807) is 6.20 Å². The smallest absolute Gasteiger partial charge is 0.161 e. The Morgan fingerprint density at radius 1 is 1.31 bits per heavy atom. The lowest BCUT2D eigenvalue weighted by Gasteiger charge is -2.06. The Hall–Kier alpha value is -0.680. The predicted molar refractivity (Wildman–Crippen MR) is 74.6 cm³/mol. The molecule has 0 saturated carbocycles. The van der Waals surface area contributed by atoms with Crippen molar-refractivity contribution in [2.45, 2.75) is 13.3 Å². The molecule has 4 heteroatoms. The standard InChI is InChI=1S/C12H10ClIN2/c1-2-8-5-3-4-6-9(8)12-15-7-10(14)11(13)16-12/h3-7H,2H2,1H3. The first kappa shape index (κ1) is 11.8. The molecule has 0 bridgehead atoms. The summed E-state index contributed by atoms with van der Waals surface area (Å²) >= 11 is 8.12. The number of hydrogen-bond acceptors (Lipinski definition) is 2. The Bertz CT molecular complexity index is 514. The first-order valence-corrected chi connectivity index (χ1v) is 6.44. The Morgan fingerprint density at radius 2 is 2.06 bits per heavy atom. The minimum absolute atomic E-state index is 0.511. The van der Waals surface area contributed by atoms with Gasteiger partial charge in [0.1, 0.15) is 5.15 Å². The van der Waals surface area contributed by atoms with E-state index in [9.17, 15) is 0 Å². The van der Waals surface area contributed by atoms with Gasteiger partial charge in [0.05, 0.1) is 3.57 Å². The molecule has 0 atom stereocenters. The van der Waals surface area contributed by atoms with Crippen molar-refractivity contribution >= 4 is 34.2 Å². The summed E-state index contributed by atoms with van der Waals surface area (Å²) in [6.07, 6.45) is 2.71. The molecule has 82 valence electrons. The molecule has 1 aromatic carbocycles. The molecule has 1 aromatic heterocycles. The van der Waals surface area contributed by atoms with Gasteiger partial charge in [-0.1, -0.05) is 42.8 Å². The third-order valence-corrected chi connectivity index (χ3v) is 3.74. The molecule has 0 aliphatic carbocycles. The average Bonchev–Trinajstić information content (AvgIpc) is 2.32. The lowest BCUT2D eigenvalue weighted by atomic mass is 10.1. The van der Waals surface area contributed by atoms with Crippen LogP contribution in [0.3, 0.4) is 0 Å². The number of nitrogens with zero attached hydrogens (tertiary/aromatic N) is 2. The average molecular weight is 345 g/mol. The van der Waals surface area contributed by atoms with Crippen LogP contribution >= 0.6 is 34.2 Å². The molecule has 16 heavy (non-hydrogen) atoms. The zero-order chi connectivity index (χ0) is 11.5. The van der Waals surface area contributed by atoms with Gasteiger partial charge in [0, 0.05) is 11.8 Å². The van der Waals surface area contributed by atoms with Gasteiger partial charge in [0.25, 0.3) is 0 Å². The third kappa shape index (κ3) is 2.35. The van der Waals surface area contributed by atoms with E-state index in [0.29, 0.717) is 11.0 Å². The first-order chi connectivity index (χ1) is 7.72. The van der Waals surface area contributed by atoms with Gasteiger partial charge in [-0.05, 0) is 34.6 Å². The van der Waals surface area contributed by atoms with Crippen molar-refractivity contribution in [3.63, 3.8) is 0 Å². The van der Waals surface area contributed by atoms with E-state index in [4.69, 9.17) is 11.6 Å². The second-order valence-corrected chi connectivity index (χ2v) is 4.86. The van der Waals surface area contributed by atoms with Crippen LogP contribution in [0.1, 0.15) is 12.5 Å². The fourth-order valence-corrected chi connectivity index (χ4v) is 1.91. The summed E-state index contributed by atoms with van der Waals surface area (Å²) in [5, 5.41) is 0.511. The molecule has 0 aliphatic heterocycles. The van der Waals surface area contributed by atoms with Crippen molar-refractivity contribution in [3.05, 3.63) is 44.7 Å². The number of aryl methyl sites for hydroxylation is 1. The number of halogens is 2.